The van der Waals surface area contributed by atoms with Crippen molar-refractivity contribution >= 4 is 11.6 Å². The maximum atomic E-state index is 13.1. The van der Waals surface area contributed by atoms with Crippen LogP contribution in [0.4, 0.5) is 26.3 Å². The molecule has 0 amide bonds. The molecule has 0 bridgehead atoms. The fourth-order valence-corrected chi connectivity index (χ4v) is 1.22. The third kappa shape index (κ3) is 2.59. The van der Waals surface area contributed by atoms with E-state index < -0.39 is 34.6 Å². The van der Waals surface area contributed by atoms with E-state index in [1.807, 2.05) is 0 Å². The van der Waals surface area contributed by atoms with Crippen LogP contribution in [-0.4, -0.2) is 17.2 Å². The maximum Gasteiger partial charge on any atom is 0.456 e. The van der Waals surface area contributed by atoms with E-state index in [-0.39, 0.29) is 0 Å². The first-order valence-corrected chi connectivity index (χ1v) is 4.52. The largest absolute Gasteiger partial charge is 0.506 e. The molecular formula is C9H5ClF6O. The van der Waals surface area contributed by atoms with Gasteiger partial charge >= 0.3 is 12.1 Å². The van der Waals surface area contributed by atoms with Gasteiger partial charge in [0, 0.05) is 0 Å². The lowest BCUT2D eigenvalue weighted by atomic mass is 10.0. The molecule has 0 saturated heterocycles. The standard InChI is InChI=1S/C9H5ClF6O/c10-5-3-4(1-2-6(5)17)7(11)8(12,13)9(14,15)16/h1-3,7,17H. The van der Waals surface area contributed by atoms with Gasteiger partial charge in [0.25, 0.3) is 0 Å². The average molecular weight is 279 g/mol. The lowest BCUT2D eigenvalue weighted by Crippen LogP contribution is -2.40. The normalized spacial score (nSPS) is 14.8. The van der Waals surface area contributed by atoms with Crippen molar-refractivity contribution in [1.82, 2.24) is 0 Å². The summed E-state index contributed by atoms with van der Waals surface area (Å²) in [4.78, 5) is 0. The molecule has 1 aromatic rings. The van der Waals surface area contributed by atoms with E-state index in [0.29, 0.717) is 12.1 Å². The van der Waals surface area contributed by atoms with Crippen LogP contribution in [0.1, 0.15) is 11.7 Å². The van der Waals surface area contributed by atoms with Gasteiger partial charge in [-0.05, 0) is 17.7 Å². The number of benzene rings is 1. The second-order valence-corrected chi connectivity index (χ2v) is 3.60. The zero-order valence-corrected chi connectivity index (χ0v) is 8.66. The monoisotopic (exact) mass is 278 g/mol. The Morgan fingerprint density at radius 1 is 1.12 bits per heavy atom. The number of phenols is 1. The molecule has 0 fully saturated rings. The van der Waals surface area contributed by atoms with E-state index in [0.717, 1.165) is 6.07 Å². The molecule has 1 rings (SSSR count). The summed E-state index contributed by atoms with van der Waals surface area (Å²) < 4.78 is 74.0. The first-order chi connectivity index (χ1) is 7.57. The zero-order valence-electron chi connectivity index (χ0n) is 7.90. The second kappa shape index (κ2) is 4.29. The van der Waals surface area contributed by atoms with Crippen LogP contribution in [0.25, 0.3) is 0 Å². The zero-order chi connectivity index (χ0) is 13.4. The van der Waals surface area contributed by atoms with Crippen molar-refractivity contribution in [2.75, 3.05) is 0 Å². The number of rotatable bonds is 2. The van der Waals surface area contributed by atoms with Crippen molar-refractivity contribution in [3.05, 3.63) is 28.8 Å². The van der Waals surface area contributed by atoms with Gasteiger partial charge in [-0.1, -0.05) is 17.7 Å². The van der Waals surface area contributed by atoms with Gasteiger partial charge in [0.2, 0.25) is 0 Å². The van der Waals surface area contributed by atoms with Gasteiger partial charge in [0.1, 0.15) is 5.75 Å². The van der Waals surface area contributed by atoms with Gasteiger partial charge in [-0.2, -0.15) is 22.0 Å². The number of aromatic hydroxyl groups is 1. The predicted octanol–water partition coefficient (Wildman–Crippen LogP) is 4.25. The Balaban J connectivity index is 3.12. The molecule has 96 valence electrons. The first-order valence-electron chi connectivity index (χ1n) is 4.14. The molecule has 0 saturated carbocycles. The van der Waals surface area contributed by atoms with Crippen LogP contribution >= 0.6 is 11.6 Å². The Hall–Kier alpha value is -1.11. The van der Waals surface area contributed by atoms with Gasteiger partial charge in [-0.15, -0.1) is 0 Å². The number of hydrogen-bond donors (Lipinski definition) is 1. The molecule has 0 heterocycles. The smallest absolute Gasteiger partial charge is 0.456 e. The summed E-state index contributed by atoms with van der Waals surface area (Å²) in [6.45, 7) is 0. The van der Waals surface area contributed by atoms with E-state index in [9.17, 15) is 26.3 Å². The van der Waals surface area contributed by atoms with Crippen molar-refractivity contribution in [3.63, 3.8) is 0 Å². The van der Waals surface area contributed by atoms with Crippen molar-refractivity contribution in [2.24, 2.45) is 0 Å². The molecular weight excluding hydrogens is 274 g/mol. The maximum absolute atomic E-state index is 13.1. The minimum Gasteiger partial charge on any atom is -0.506 e. The highest BCUT2D eigenvalue weighted by atomic mass is 35.5. The van der Waals surface area contributed by atoms with Crippen LogP contribution in [0, 0.1) is 0 Å². The van der Waals surface area contributed by atoms with Crippen molar-refractivity contribution < 1.29 is 31.4 Å². The third-order valence-electron chi connectivity index (χ3n) is 1.96. The Morgan fingerprint density at radius 3 is 2.06 bits per heavy atom. The molecule has 1 N–H and O–H groups in total. The third-order valence-corrected chi connectivity index (χ3v) is 2.26. The molecule has 0 aromatic heterocycles. The number of alkyl halides is 6. The molecule has 0 spiro atoms. The lowest BCUT2D eigenvalue weighted by molar-refractivity contribution is -0.305. The quantitative estimate of drug-likeness (QED) is 0.802. The van der Waals surface area contributed by atoms with Crippen molar-refractivity contribution in [1.29, 1.82) is 0 Å². The molecule has 1 aromatic carbocycles. The summed E-state index contributed by atoms with van der Waals surface area (Å²) in [6, 6.07) is 1.85. The minimum atomic E-state index is -6.00. The van der Waals surface area contributed by atoms with Gasteiger partial charge in [0.15, 0.2) is 6.17 Å². The van der Waals surface area contributed by atoms with E-state index >= 15 is 0 Å². The van der Waals surface area contributed by atoms with Crippen LogP contribution < -0.4 is 0 Å². The summed E-state index contributed by atoms with van der Waals surface area (Å²) in [7, 11) is 0. The highest BCUT2D eigenvalue weighted by Crippen LogP contribution is 2.47. The Morgan fingerprint density at radius 2 is 1.65 bits per heavy atom. The van der Waals surface area contributed by atoms with E-state index in [1.54, 1.807) is 0 Å². The summed E-state index contributed by atoms with van der Waals surface area (Å²) in [5, 5.41) is 8.41. The predicted molar refractivity (Wildman–Crippen MR) is 48.0 cm³/mol. The highest BCUT2D eigenvalue weighted by Gasteiger charge is 2.63. The van der Waals surface area contributed by atoms with Crippen LogP contribution in [0.2, 0.25) is 5.02 Å². The molecule has 17 heavy (non-hydrogen) atoms. The SMILES string of the molecule is Oc1ccc(C(F)C(F)(F)C(F)(F)F)cc1Cl. The van der Waals surface area contributed by atoms with E-state index in [4.69, 9.17) is 16.7 Å². The Kier molecular flexibility index (Phi) is 3.52. The highest BCUT2D eigenvalue weighted by molar-refractivity contribution is 6.32. The molecule has 1 atom stereocenters. The minimum absolute atomic E-state index is 0.511. The lowest BCUT2D eigenvalue weighted by Gasteiger charge is -2.23. The topological polar surface area (TPSA) is 20.2 Å². The molecule has 0 aliphatic carbocycles. The van der Waals surface area contributed by atoms with Crippen LogP contribution in [0.3, 0.4) is 0 Å². The first kappa shape index (κ1) is 14.0. The molecule has 0 aliphatic heterocycles. The Bertz CT molecular complexity index is 416. The van der Waals surface area contributed by atoms with Gasteiger partial charge in [-0.3, -0.25) is 0 Å². The van der Waals surface area contributed by atoms with Gasteiger partial charge in [0.05, 0.1) is 5.02 Å². The molecule has 0 aliphatic rings. The van der Waals surface area contributed by atoms with Crippen LogP contribution in [0.5, 0.6) is 5.75 Å². The molecule has 1 unspecified atom stereocenters. The van der Waals surface area contributed by atoms with Gasteiger partial charge < -0.3 is 5.11 Å². The molecule has 8 heteroatoms. The Labute approximate surface area is 96.6 Å². The summed E-state index contributed by atoms with van der Waals surface area (Å²) >= 11 is 5.28. The molecule has 1 nitrogen and oxygen atoms in total. The summed E-state index contributed by atoms with van der Waals surface area (Å²) in [5.41, 5.74) is -0.963. The van der Waals surface area contributed by atoms with Crippen LogP contribution in [0.15, 0.2) is 18.2 Å². The number of hydrogen-bond acceptors (Lipinski definition) is 1. The van der Waals surface area contributed by atoms with Crippen molar-refractivity contribution in [3.8, 4) is 5.75 Å². The van der Waals surface area contributed by atoms with E-state index in [1.165, 1.54) is 0 Å². The average Bonchev–Trinajstić information content (AvgIpc) is 2.19. The number of phenolic OH excluding ortho intramolecular Hbond substituents is 1. The molecule has 0 radical (unpaired) electrons. The fourth-order valence-electron chi connectivity index (χ4n) is 1.03. The summed E-state index contributed by atoms with van der Waals surface area (Å²) in [5.74, 6) is -6.06. The van der Waals surface area contributed by atoms with E-state index in [2.05, 4.69) is 0 Å². The van der Waals surface area contributed by atoms with Crippen LogP contribution in [-0.2, 0) is 0 Å². The van der Waals surface area contributed by atoms with Crippen molar-refractivity contribution in [2.45, 2.75) is 18.3 Å². The fraction of sp³-hybridized carbons (Fsp3) is 0.333. The number of halogens is 7. The van der Waals surface area contributed by atoms with Gasteiger partial charge in [-0.25, -0.2) is 4.39 Å². The second-order valence-electron chi connectivity index (χ2n) is 3.19. The summed E-state index contributed by atoms with van der Waals surface area (Å²) in [6.07, 6.45) is -9.59.